The maximum atomic E-state index is 12.8. The second-order valence-corrected chi connectivity index (χ2v) is 7.21. The third-order valence-electron chi connectivity index (χ3n) is 3.97. The van der Waals surface area contributed by atoms with Gasteiger partial charge in [0.15, 0.2) is 0 Å². The van der Waals surface area contributed by atoms with Gasteiger partial charge in [0, 0.05) is 19.6 Å². The van der Waals surface area contributed by atoms with Crippen LogP contribution in [-0.2, 0) is 16.6 Å². The van der Waals surface area contributed by atoms with Crippen LogP contribution in [0.15, 0.2) is 17.0 Å². The van der Waals surface area contributed by atoms with E-state index >= 15 is 0 Å². The van der Waals surface area contributed by atoms with Gasteiger partial charge in [-0.25, -0.2) is 8.42 Å². The number of nitrogens with two attached hydrogens (primary N) is 1. The topological polar surface area (TPSA) is 63.4 Å². The Hall–Kier alpha value is -0.910. The molecule has 20 heavy (non-hydrogen) atoms. The predicted molar refractivity (Wildman–Crippen MR) is 83.1 cm³/mol. The van der Waals surface area contributed by atoms with E-state index in [1.54, 1.807) is 13.1 Å². The van der Waals surface area contributed by atoms with E-state index in [0.717, 1.165) is 29.5 Å². The first-order valence-electron chi connectivity index (χ1n) is 7.07. The van der Waals surface area contributed by atoms with Crippen molar-refractivity contribution in [1.29, 1.82) is 0 Å². The second-order valence-electron chi connectivity index (χ2n) is 5.24. The van der Waals surface area contributed by atoms with Gasteiger partial charge >= 0.3 is 0 Å². The first kappa shape index (κ1) is 17.1. The Kier molecular flexibility index (Phi) is 5.74. The van der Waals surface area contributed by atoms with Gasteiger partial charge in [-0.3, -0.25) is 0 Å². The Morgan fingerprint density at radius 2 is 1.70 bits per heavy atom. The summed E-state index contributed by atoms with van der Waals surface area (Å²) in [6.45, 7) is 8.15. The first-order chi connectivity index (χ1) is 9.29. The van der Waals surface area contributed by atoms with E-state index in [0.29, 0.717) is 11.4 Å². The van der Waals surface area contributed by atoms with Crippen molar-refractivity contribution >= 4 is 10.0 Å². The van der Waals surface area contributed by atoms with Crippen LogP contribution in [0, 0.1) is 13.8 Å². The molecule has 1 aromatic rings. The number of nitrogens with zero attached hydrogens (tertiary/aromatic N) is 1. The molecule has 0 bridgehead atoms. The number of aryl methyl sites for hydroxylation is 2. The molecule has 0 spiro atoms. The van der Waals surface area contributed by atoms with Crippen LogP contribution in [0.1, 0.15) is 43.4 Å². The van der Waals surface area contributed by atoms with Crippen LogP contribution in [0.3, 0.4) is 0 Å². The zero-order chi connectivity index (χ0) is 15.5. The van der Waals surface area contributed by atoms with Crippen molar-refractivity contribution in [3.05, 3.63) is 28.8 Å². The lowest BCUT2D eigenvalue weighted by Gasteiger charge is -2.26. The highest BCUT2D eigenvalue weighted by atomic mass is 32.2. The standard InChI is InChI=1S/C15H26N2O2S/c1-6-14(7-2)17(5)20(18,19)15-9-13(10-16)11(3)8-12(15)4/h8-9,14H,6-7,10,16H2,1-5H3. The lowest BCUT2D eigenvalue weighted by Crippen LogP contribution is -2.36. The van der Waals surface area contributed by atoms with Crippen LogP contribution in [0.25, 0.3) is 0 Å². The van der Waals surface area contributed by atoms with E-state index in [1.165, 1.54) is 4.31 Å². The maximum absolute atomic E-state index is 12.8. The van der Waals surface area contributed by atoms with Crippen molar-refractivity contribution < 1.29 is 8.42 Å². The molecule has 0 atom stereocenters. The largest absolute Gasteiger partial charge is 0.326 e. The predicted octanol–water partition coefficient (Wildman–Crippen LogP) is 2.57. The zero-order valence-electron chi connectivity index (χ0n) is 13.1. The summed E-state index contributed by atoms with van der Waals surface area (Å²) in [7, 11) is -1.80. The zero-order valence-corrected chi connectivity index (χ0v) is 13.9. The van der Waals surface area contributed by atoms with Crippen LogP contribution in [0.4, 0.5) is 0 Å². The SMILES string of the molecule is CCC(CC)N(C)S(=O)(=O)c1cc(CN)c(C)cc1C. The fourth-order valence-electron chi connectivity index (χ4n) is 2.53. The Morgan fingerprint density at radius 3 is 2.15 bits per heavy atom. The van der Waals surface area contributed by atoms with E-state index in [2.05, 4.69) is 0 Å². The van der Waals surface area contributed by atoms with Gasteiger partial charge in [0.05, 0.1) is 4.90 Å². The third-order valence-corrected chi connectivity index (χ3v) is 6.02. The molecule has 1 aromatic carbocycles. The van der Waals surface area contributed by atoms with Gasteiger partial charge < -0.3 is 5.73 Å². The molecule has 1 rings (SSSR count). The smallest absolute Gasteiger partial charge is 0.243 e. The summed E-state index contributed by atoms with van der Waals surface area (Å²) in [6.07, 6.45) is 1.61. The minimum atomic E-state index is -3.46. The number of benzene rings is 1. The summed E-state index contributed by atoms with van der Waals surface area (Å²) in [5.41, 5.74) is 8.39. The van der Waals surface area contributed by atoms with E-state index in [1.807, 2.05) is 33.8 Å². The summed E-state index contributed by atoms with van der Waals surface area (Å²) >= 11 is 0. The maximum Gasteiger partial charge on any atom is 0.243 e. The summed E-state index contributed by atoms with van der Waals surface area (Å²) in [5.74, 6) is 0. The van der Waals surface area contributed by atoms with E-state index in [9.17, 15) is 8.42 Å². The van der Waals surface area contributed by atoms with Crippen molar-refractivity contribution in [1.82, 2.24) is 4.31 Å². The monoisotopic (exact) mass is 298 g/mol. The molecule has 0 amide bonds. The molecule has 0 unspecified atom stereocenters. The highest BCUT2D eigenvalue weighted by Crippen LogP contribution is 2.25. The Morgan fingerprint density at radius 1 is 1.15 bits per heavy atom. The van der Waals surface area contributed by atoms with Crippen molar-refractivity contribution in [2.75, 3.05) is 7.05 Å². The van der Waals surface area contributed by atoms with Gasteiger partial charge in [0.2, 0.25) is 10.0 Å². The summed E-state index contributed by atoms with van der Waals surface area (Å²) < 4.78 is 27.0. The van der Waals surface area contributed by atoms with Gasteiger partial charge in [-0.1, -0.05) is 19.9 Å². The summed E-state index contributed by atoms with van der Waals surface area (Å²) in [5, 5.41) is 0. The highest BCUT2D eigenvalue weighted by molar-refractivity contribution is 7.89. The molecular formula is C15H26N2O2S. The minimum Gasteiger partial charge on any atom is -0.326 e. The number of hydrogen-bond acceptors (Lipinski definition) is 3. The molecule has 0 aliphatic carbocycles. The van der Waals surface area contributed by atoms with Crippen LogP contribution in [-0.4, -0.2) is 25.8 Å². The fourth-order valence-corrected chi connectivity index (χ4v) is 4.28. The van der Waals surface area contributed by atoms with Crippen molar-refractivity contribution in [3.63, 3.8) is 0 Å². The van der Waals surface area contributed by atoms with E-state index < -0.39 is 10.0 Å². The van der Waals surface area contributed by atoms with Gasteiger partial charge in [0.25, 0.3) is 0 Å². The summed E-state index contributed by atoms with van der Waals surface area (Å²) in [6, 6.07) is 3.65. The molecule has 0 aliphatic rings. The molecule has 0 saturated carbocycles. The van der Waals surface area contributed by atoms with Crippen molar-refractivity contribution in [3.8, 4) is 0 Å². The lowest BCUT2D eigenvalue weighted by atomic mass is 10.1. The Labute approximate surface area is 123 Å². The molecule has 5 heteroatoms. The second kappa shape index (κ2) is 6.70. The number of rotatable bonds is 6. The van der Waals surface area contributed by atoms with E-state index in [-0.39, 0.29) is 6.04 Å². The Bertz CT molecular complexity index is 563. The minimum absolute atomic E-state index is 0.0297. The highest BCUT2D eigenvalue weighted by Gasteiger charge is 2.27. The molecule has 0 saturated heterocycles. The molecule has 0 aliphatic heterocycles. The van der Waals surface area contributed by atoms with Crippen LogP contribution in [0.5, 0.6) is 0 Å². The third kappa shape index (κ3) is 3.22. The molecule has 114 valence electrons. The van der Waals surface area contributed by atoms with Crippen LogP contribution in [0.2, 0.25) is 0 Å². The quantitative estimate of drug-likeness (QED) is 0.878. The number of sulfonamides is 1. The summed E-state index contributed by atoms with van der Waals surface area (Å²) in [4.78, 5) is 0.373. The molecule has 2 N–H and O–H groups in total. The van der Waals surface area contributed by atoms with Gasteiger partial charge in [-0.2, -0.15) is 4.31 Å². The van der Waals surface area contributed by atoms with E-state index in [4.69, 9.17) is 5.73 Å². The number of hydrogen-bond donors (Lipinski definition) is 1. The fraction of sp³-hybridized carbons (Fsp3) is 0.600. The average molecular weight is 298 g/mol. The van der Waals surface area contributed by atoms with Crippen molar-refractivity contribution in [2.45, 2.75) is 58.0 Å². The van der Waals surface area contributed by atoms with Gasteiger partial charge in [0.1, 0.15) is 0 Å². The van der Waals surface area contributed by atoms with Crippen LogP contribution >= 0.6 is 0 Å². The lowest BCUT2D eigenvalue weighted by molar-refractivity contribution is 0.349. The molecule has 0 radical (unpaired) electrons. The molecule has 0 heterocycles. The average Bonchev–Trinajstić information content (AvgIpc) is 2.39. The molecule has 0 aromatic heterocycles. The molecular weight excluding hydrogens is 272 g/mol. The molecule has 0 fully saturated rings. The van der Waals surface area contributed by atoms with Crippen LogP contribution < -0.4 is 5.73 Å². The normalized spacial score (nSPS) is 12.4. The van der Waals surface area contributed by atoms with Gasteiger partial charge in [-0.05, 0) is 49.4 Å². The first-order valence-corrected chi connectivity index (χ1v) is 8.51. The Balaban J connectivity index is 3.35. The molecule has 4 nitrogen and oxygen atoms in total. The van der Waals surface area contributed by atoms with Crippen molar-refractivity contribution in [2.24, 2.45) is 5.73 Å². The van der Waals surface area contributed by atoms with Gasteiger partial charge in [-0.15, -0.1) is 0 Å².